The molecule has 0 amide bonds. The van der Waals surface area contributed by atoms with Crippen molar-refractivity contribution in [1.29, 1.82) is 0 Å². The Bertz CT molecular complexity index is 462. The van der Waals surface area contributed by atoms with Crippen LogP contribution >= 0.6 is 15.9 Å². The fourth-order valence-corrected chi connectivity index (χ4v) is 2.80. The van der Waals surface area contributed by atoms with Gasteiger partial charge in [-0.3, -0.25) is 0 Å². The van der Waals surface area contributed by atoms with E-state index < -0.39 is 10.7 Å². The Morgan fingerprint density at radius 3 is 2.65 bits per heavy atom. The molecule has 4 nitrogen and oxygen atoms in total. The van der Waals surface area contributed by atoms with Crippen LogP contribution in [0, 0.1) is 0 Å². The number of thiol groups is 1. The molecule has 6 heteroatoms. The molecule has 0 spiro atoms. The van der Waals surface area contributed by atoms with Gasteiger partial charge in [0.2, 0.25) is 0 Å². The zero-order valence-electron chi connectivity index (χ0n) is 9.26. The molecule has 1 aromatic rings. The average molecular weight is 320 g/mol. The van der Waals surface area contributed by atoms with Crippen LogP contribution < -0.4 is 4.90 Å². The van der Waals surface area contributed by atoms with Gasteiger partial charge in [-0.25, -0.2) is 8.42 Å². The molecule has 0 unspecified atom stereocenters. The minimum Gasteiger partial charge on any atom is -0.378 e. The van der Waals surface area contributed by atoms with Crippen LogP contribution in [-0.2, 0) is 21.2 Å². The van der Waals surface area contributed by atoms with Crippen LogP contribution in [0.4, 0.5) is 5.69 Å². The highest BCUT2D eigenvalue weighted by Crippen LogP contribution is 2.26. The summed E-state index contributed by atoms with van der Waals surface area (Å²) in [6, 6.07) is 5.71. The van der Waals surface area contributed by atoms with E-state index in [1.165, 1.54) is 0 Å². The number of rotatable bonds is 3. The largest absolute Gasteiger partial charge is 0.378 e. The minimum absolute atomic E-state index is 0.0926. The quantitative estimate of drug-likeness (QED) is 0.855. The van der Waals surface area contributed by atoms with Gasteiger partial charge in [0.1, 0.15) is 10.7 Å². The summed E-state index contributed by atoms with van der Waals surface area (Å²) in [4.78, 5) is 2.17. The van der Waals surface area contributed by atoms with Gasteiger partial charge in [-0.1, -0.05) is 22.0 Å². The number of ether oxygens (including phenoxy) is 1. The van der Waals surface area contributed by atoms with Gasteiger partial charge in [0.15, 0.2) is 0 Å². The standard InChI is InChI=1S/C11H14BrNO3S/c12-10-2-1-9(8-17(14)15)11(7-10)13-3-5-16-6-4-13/h1-2,7,17H,3-6,8H2. The molecule has 1 fully saturated rings. The van der Waals surface area contributed by atoms with Crippen LogP contribution in [0.15, 0.2) is 22.7 Å². The molecule has 0 atom stereocenters. The van der Waals surface area contributed by atoms with Crippen molar-refractivity contribution in [2.45, 2.75) is 5.75 Å². The molecule has 1 aliphatic rings. The average Bonchev–Trinajstić information content (AvgIpc) is 2.32. The topological polar surface area (TPSA) is 46.6 Å². The molecule has 1 aromatic carbocycles. The van der Waals surface area contributed by atoms with Crippen molar-refractivity contribution < 1.29 is 13.2 Å². The van der Waals surface area contributed by atoms with Gasteiger partial charge >= 0.3 is 0 Å². The minimum atomic E-state index is -2.40. The first-order valence-electron chi connectivity index (χ1n) is 5.40. The maximum Gasteiger partial charge on any atom is 0.144 e. The van der Waals surface area contributed by atoms with E-state index in [0.717, 1.165) is 28.8 Å². The molecule has 0 bridgehead atoms. The predicted molar refractivity (Wildman–Crippen MR) is 71.2 cm³/mol. The van der Waals surface area contributed by atoms with Crippen LogP contribution in [-0.4, -0.2) is 34.7 Å². The van der Waals surface area contributed by atoms with Gasteiger partial charge in [0.25, 0.3) is 0 Å². The molecular weight excluding hydrogens is 306 g/mol. The lowest BCUT2D eigenvalue weighted by atomic mass is 10.1. The van der Waals surface area contributed by atoms with E-state index in [0.29, 0.717) is 13.2 Å². The number of morpholine rings is 1. The van der Waals surface area contributed by atoms with E-state index in [-0.39, 0.29) is 5.75 Å². The third-order valence-electron chi connectivity index (χ3n) is 2.70. The molecular formula is C11H14BrNO3S. The third-order valence-corrected chi connectivity index (χ3v) is 3.79. The van der Waals surface area contributed by atoms with Gasteiger partial charge in [-0.2, -0.15) is 0 Å². The number of hydrogen-bond acceptors (Lipinski definition) is 4. The first-order valence-corrected chi connectivity index (χ1v) is 7.55. The highest BCUT2D eigenvalue weighted by Gasteiger charge is 2.15. The van der Waals surface area contributed by atoms with Crippen molar-refractivity contribution in [3.63, 3.8) is 0 Å². The summed E-state index contributed by atoms with van der Waals surface area (Å²) < 4.78 is 28.0. The van der Waals surface area contributed by atoms with Crippen LogP contribution in [0.5, 0.6) is 0 Å². The first kappa shape index (κ1) is 12.9. The summed E-state index contributed by atoms with van der Waals surface area (Å²) in [6.45, 7) is 2.99. The molecule has 0 saturated carbocycles. The molecule has 1 heterocycles. The van der Waals surface area contributed by atoms with E-state index >= 15 is 0 Å². The van der Waals surface area contributed by atoms with Crippen LogP contribution in [0.2, 0.25) is 0 Å². The number of nitrogens with zero attached hydrogens (tertiary/aromatic N) is 1. The summed E-state index contributed by atoms with van der Waals surface area (Å²) in [5.74, 6) is 0.0926. The van der Waals surface area contributed by atoms with Crippen molar-refractivity contribution >= 4 is 32.3 Å². The maximum absolute atomic E-state index is 10.9. The Kier molecular flexibility index (Phi) is 4.42. The molecule has 0 aliphatic carbocycles. The summed E-state index contributed by atoms with van der Waals surface area (Å²) in [5, 5.41) is 0. The summed E-state index contributed by atoms with van der Waals surface area (Å²) >= 11 is 3.42. The van der Waals surface area contributed by atoms with E-state index in [4.69, 9.17) is 4.74 Å². The fraction of sp³-hybridized carbons (Fsp3) is 0.455. The zero-order valence-corrected chi connectivity index (χ0v) is 11.7. The first-order chi connectivity index (χ1) is 8.16. The van der Waals surface area contributed by atoms with Gasteiger partial charge in [-0.05, 0) is 17.7 Å². The van der Waals surface area contributed by atoms with E-state index in [2.05, 4.69) is 20.8 Å². The smallest absolute Gasteiger partial charge is 0.144 e. The second-order valence-electron chi connectivity index (χ2n) is 3.86. The molecule has 0 radical (unpaired) electrons. The van der Waals surface area contributed by atoms with Crippen LogP contribution in [0.1, 0.15) is 5.56 Å². The Balaban J connectivity index is 2.31. The second-order valence-corrected chi connectivity index (χ2v) is 5.76. The molecule has 0 N–H and O–H groups in total. The van der Waals surface area contributed by atoms with E-state index in [9.17, 15) is 8.42 Å². The predicted octanol–water partition coefficient (Wildman–Crippen LogP) is 1.40. The highest BCUT2D eigenvalue weighted by molar-refractivity contribution is 9.10. The molecule has 2 rings (SSSR count). The van der Waals surface area contributed by atoms with Gasteiger partial charge in [0, 0.05) is 23.2 Å². The molecule has 1 aliphatic heterocycles. The van der Waals surface area contributed by atoms with Crippen molar-refractivity contribution in [2.75, 3.05) is 31.2 Å². The molecule has 0 aromatic heterocycles. The number of halogens is 1. The highest BCUT2D eigenvalue weighted by atomic mass is 79.9. The number of anilines is 1. The normalized spacial score (nSPS) is 16.5. The molecule has 1 saturated heterocycles. The Hall–Kier alpha value is -0.590. The monoisotopic (exact) mass is 319 g/mol. The van der Waals surface area contributed by atoms with Crippen molar-refractivity contribution in [3.05, 3.63) is 28.2 Å². The SMILES string of the molecule is O=[SH](=O)Cc1ccc(Br)cc1N1CCOCC1. The Morgan fingerprint density at radius 1 is 1.29 bits per heavy atom. The van der Waals surface area contributed by atoms with Gasteiger partial charge < -0.3 is 9.64 Å². The number of benzene rings is 1. The van der Waals surface area contributed by atoms with Crippen molar-refractivity contribution in [2.24, 2.45) is 0 Å². The fourth-order valence-electron chi connectivity index (χ4n) is 1.91. The van der Waals surface area contributed by atoms with Gasteiger partial charge in [-0.15, -0.1) is 0 Å². The Labute approximate surface area is 111 Å². The van der Waals surface area contributed by atoms with Crippen LogP contribution in [0.3, 0.4) is 0 Å². The molecule has 17 heavy (non-hydrogen) atoms. The van der Waals surface area contributed by atoms with E-state index in [1.807, 2.05) is 18.2 Å². The van der Waals surface area contributed by atoms with Gasteiger partial charge in [0.05, 0.1) is 19.0 Å². The lowest BCUT2D eigenvalue weighted by Gasteiger charge is -2.30. The Morgan fingerprint density at radius 2 is 2.00 bits per heavy atom. The van der Waals surface area contributed by atoms with Crippen molar-refractivity contribution in [1.82, 2.24) is 0 Å². The lowest BCUT2D eigenvalue weighted by molar-refractivity contribution is 0.122. The maximum atomic E-state index is 10.9. The zero-order chi connectivity index (χ0) is 12.3. The summed E-state index contributed by atoms with van der Waals surface area (Å²) in [5.41, 5.74) is 1.84. The third kappa shape index (κ3) is 3.43. The second kappa shape index (κ2) is 5.84. The summed E-state index contributed by atoms with van der Waals surface area (Å²) in [7, 11) is -2.40. The van der Waals surface area contributed by atoms with E-state index in [1.54, 1.807) is 0 Å². The van der Waals surface area contributed by atoms with Crippen LogP contribution in [0.25, 0.3) is 0 Å². The lowest BCUT2D eigenvalue weighted by Crippen LogP contribution is -2.36. The molecule has 94 valence electrons. The summed E-state index contributed by atoms with van der Waals surface area (Å²) in [6.07, 6.45) is 0. The number of hydrogen-bond donors (Lipinski definition) is 1. The van der Waals surface area contributed by atoms with Crippen molar-refractivity contribution in [3.8, 4) is 0 Å².